The van der Waals surface area contributed by atoms with E-state index in [0.29, 0.717) is 18.8 Å². The van der Waals surface area contributed by atoms with E-state index in [4.69, 9.17) is 5.10 Å². The molecule has 0 radical (unpaired) electrons. The highest BCUT2D eigenvalue weighted by atomic mass is 16.2. The van der Waals surface area contributed by atoms with Crippen molar-refractivity contribution < 1.29 is 9.59 Å². The molecule has 0 spiro atoms. The molecule has 2 aliphatic rings. The minimum atomic E-state index is -1.03. The van der Waals surface area contributed by atoms with Crippen LogP contribution in [0.25, 0.3) is 11.3 Å². The summed E-state index contributed by atoms with van der Waals surface area (Å²) >= 11 is 0. The average Bonchev–Trinajstić information content (AvgIpc) is 3.36. The summed E-state index contributed by atoms with van der Waals surface area (Å²) in [6.45, 7) is 6.95. The molecule has 2 atom stereocenters. The molecule has 0 bridgehead atoms. The van der Waals surface area contributed by atoms with Gasteiger partial charge in [-0.2, -0.15) is 5.10 Å². The topological polar surface area (TPSA) is 67.2 Å². The molecule has 1 saturated carbocycles. The van der Waals surface area contributed by atoms with E-state index in [0.717, 1.165) is 48.9 Å². The van der Waals surface area contributed by atoms with Crippen molar-refractivity contribution in [1.82, 2.24) is 20.0 Å². The van der Waals surface area contributed by atoms with Gasteiger partial charge in [0.15, 0.2) is 0 Å². The minimum absolute atomic E-state index is 0.0805. The number of hydrogen-bond donors (Lipinski definition) is 1. The molecule has 5 rings (SSSR count). The lowest BCUT2D eigenvalue weighted by Gasteiger charge is -2.45. The van der Waals surface area contributed by atoms with Gasteiger partial charge in [-0.15, -0.1) is 0 Å². The van der Waals surface area contributed by atoms with Crippen molar-refractivity contribution in [3.8, 4) is 11.3 Å². The lowest BCUT2D eigenvalue weighted by Crippen LogP contribution is -2.65. The van der Waals surface area contributed by atoms with Gasteiger partial charge in [0.25, 0.3) is 5.91 Å². The predicted molar refractivity (Wildman–Crippen MR) is 146 cm³/mol. The third-order valence-electron chi connectivity index (χ3n) is 8.21. The molecule has 0 saturated heterocycles. The van der Waals surface area contributed by atoms with Crippen LogP contribution in [0.3, 0.4) is 0 Å². The number of carbonyl (C=O) groups is 2. The van der Waals surface area contributed by atoms with Crippen LogP contribution in [0.1, 0.15) is 80.4 Å². The van der Waals surface area contributed by atoms with E-state index < -0.39 is 5.54 Å². The lowest BCUT2D eigenvalue weighted by molar-refractivity contribution is -0.134. The SMILES string of the molecule is CCc1ccc(-c2cc3n(n2)C[C@](C)(C(=O)NC2CCCCC2)N(C[C@H](C)c2ccccc2)C3=O)cc1. The van der Waals surface area contributed by atoms with Crippen LogP contribution < -0.4 is 5.32 Å². The Kier molecular flexibility index (Phi) is 7.18. The fraction of sp³-hybridized carbons (Fsp3) is 0.452. The van der Waals surface area contributed by atoms with Crippen molar-refractivity contribution in [3.63, 3.8) is 0 Å². The van der Waals surface area contributed by atoms with Crippen molar-refractivity contribution in [2.75, 3.05) is 6.54 Å². The number of rotatable bonds is 7. The van der Waals surface area contributed by atoms with Gasteiger partial charge in [0, 0.05) is 18.2 Å². The van der Waals surface area contributed by atoms with E-state index in [1.54, 1.807) is 9.58 Å². The van der Waals surface area contributed by atoms with Gasteiger partial charge >= 0.3 is 0 Å². The van der Waals surface area contributed by atoms with Crippen LogP contribution in [0.2, 0.25) is 0 Å². The molecule has 2 heterocycles. The summed E-state index contributed by atoms with van der Waals surface area (Å²) in [6, 6.07) is 20.6. The van der Waals surface area contributed by atoms with Crippen molar-refractivity contribution in [3.05, 3.63) is 77.5 Å². The zero-order valence-corrected chi connectivity index (χ0v) is 22.2. The smallest absolute Gasteiger partial charge is 0.273 e. The molecule has 1 aromatic heterocycles. The summed E-state index contributed by atoms with van der Waals surface area (Å²) in [5.41, 5.74) is 3.67. The van der Waals surface area contributed by atoms with Crippen LogP contribution >= 0.6 is 0 Å². The molecular formula is C31H38N4O2. The maximum absolute atomic E-state index is 14.0. The van der Waals surface area contributed by atoms with E-state index in [1.807, 2.05) is 31.2 Å². The molecular weight excluding hydrogens is 460 g/mol. The highest BCUT2D eigenvalue weighted by Gasteiger charge is 2.48. The van der Waals surface area contributed by atoms with Crippen LogP contribution in [0, 0.1) is 0 Å². The zero-order chi connectivity index (χ0) is 26.0. The molecule has 3 aromatic rings. The van der Waals surface area contributed by atoms with Gasteiger partial charge in [-0.25, -0.2) is 0 Å². The number of nitrogens with zero attached hydrogens (tertiary/aromatic N) is 3. The first-order valence-corrected chi connectivity index (χ1v) is 13.7. The van der Waals surface area contributed by atoms with Gasteiger partial charge in [0.05, 0.1) is 12.2 Å². The molecule has 0 unspecified atom stereocenters. The predicted octanol–water partition coefficient (Wildman–Crippen LogP) is 5.58. The number of benzene rings is 2. The van der Waals surface area contributed by atoms with Crippen LogP contribution in [-0.2, 0) is 17.8 Å². The summed E-state index contributed by atoms with van der Waals surface area (Å²) in [7, 11) is 0. The van der Waals surface area contributed by atoms with Crippen molar-refractivity contribution in [2.45, 2.75) is 83.3 Å². The number of fused-ring (bicyclic) bond motifs is 1. The molecule has 37 heavy (non-hydrogen) atoms. The van der Waals surface area contributed by atoms with Crippen molar-refractivity contribution in [2.24, 2.45) is 0 Å². The molecule has 1 fully saturated rings. The Labute approximate surface area is 220 Å². The Morgan fingerprint density at radius 3 is 2.46 bits per heavy atom. The maximum atomic E-state index is 14.0. The monoisotopic (exact) mass is 498 g/mol. The summed E-state index contributed by atoms with van der Waals surface area (Å²) in [6.07, 6.45) is 6.48. The van der Waals surface area contributed by atoms with Crippen LogP contribution in [0.5, 0.6) is 0 Å². The Bertz CT molecular complexity index is 1240. The van der Waals surface area contributed by atoms with Crippen LogP contribution in [0.4, 0.5) is 0 Å². The third-order valence-corrected chi connectivity index (χ3v) is 8.21. The average molecular weight is 499 g/mol. The van der Waals surface area contributed by atoms with E-state index in [-0.39, 0.29) is 23.8 Å². The third kappa shape index (κ3) is 5.07. The van der Waals surface area contributed by atoms with Gasteiger partial charge in [-0.1, -0.05) is 87.7 Å². The Balaban J connectivity index is 1.48. The molecule has 1 N–H and O–H groups in total. The number of hydrogen-bond acceptors (Lipinski definition) is 3. The minimum Gasteiger partial charge on any atom is -0.351 e. The fourth-order valence-electron chi connectivity index (χ4n) is 5.73. The van der Waals surface area contributed by atoms with E-state index in [2.05, 4.69) is 55.6 Å². The maximum Gasteiger partial charge on any atom is 0.273 e. The Morgan fingerprint density at radius 1 is 1.08 bits per heavy atom. The van der Waals surface area contributed by atoms with E-state index >= 15 is 0 Å². The molecule has 194 valence electrons. The molecule has 1 aliphatic heterocycles. The second-order valence-corrected chi connectivity index (χ2v) is 10.9. The number of aromatic nitrogens is 2. The fourth-order valence-corrected chi connectivity index (χ4v) is 5.73. The van der Waals surface area contributed by atoms with Gasteiger partial charge in [-0.05, 0) is 49.3 Å². The summed E-state index contributed by atoms with van der Waals surface area (Å²) in [5, 5.41) is 8.11. The highest BCUT2D eigenvalue weighted by Crippen LogP contribution is 2.33. The first-order valence-electron chi connectivity index (χ1n) is 13.7. The Hall–Kier alpha value is -3.41. The summed E-state index contributed by atoms with van der Waals surface area (Å²) < 4.78 is 1.75. The number of carbonyl (C=O) groups excluding carboxylic acids is 2. The second kappa shape index (κ2) is 10.5. The Morgan fingerprint density at radius 2 is 1.78 bits per heavy atom. The molecule has 6 nitrogen and oxygen atoms in total. The van der Waals surface area contributed by atoms with Crippen molar-refractivity contribution in [1.29, 1.82) is 0 Å². The first-order chi connectivity index (χ1) is 17.9. The van der Waals surface area contributed by atoms with E-state index in [1.165, 1.54) is 12.0 Å². The first kappa shape index (κ1) is 25.2. The standard InChI is InChI=1S/C31H38N4O2/c1-4-23-15-17-25(18-16-23)27-19-28-29(36)34(20-22(2)24-11-7-5-8-12-24)31(3,21-35(28)33-27)30(37)32-26-13-9-6-10-14-26/h5,7-8,11-12,15-19,22,26H,4,6,9-10,13-14,20-21H2,1-3H3,(H,32,37)/t22-,31+/m0/s1. The quantitative estimate of drug-likeness (QED) is 0.462. The molecule has 2 amide bonds. The largest absolute Gasteiger partial charge is 0.351 e. The molecule has 1 aliphatic carbocycles. The van der Waals surface area contributed by atoms with E-state index in [9.17, 15) is 9.59 Å². The van der Waals surface area contributed by atoms with Crippen LogP contribution in [0.15, 0.2) is 60.7 Å². The number of amides is 2. The molecule has 6 heteroatoms. The van der Waals surface area contributed by atoms with Gasteiger partial charge in [-0.3, -0.25) is 14.3 Å². The zero-order valence-electron chi connectivity index (χ0n) is 22.2. The molecule has 2 aromatic carbocycles. The van der Waals surface area contributed by atoms with Crippen LogP contribution in [-0.4, -0.2) is 44.6 Å². The highest BCUT2D eigenvalue weighted by molar-refractivity contribution is 6.00. The van der Waals surface area contributed by atoms with Crippen molar-refractivity contribution >= 4 is 11.8 Å². The van der Waals surface area contributed by atoms with Gasteiger partial charge in [0.1, 0.15) is 11.2 Å². The number of aryl methyl sites for hydroxylation is 1. The lowest BCUT2D eigenvalue weighted by atomic mass is 9.90. The normalized spacial score (nSPS) is 20.9. The number of nitrogens with one attached hydrogen (secondary N) is 1. The second-order valence-electron chi connectivity index (χ2n) is 10.9. The summed E-state index contributed by atoms with van der Waals surface area (Å²) in [4.78, 5) is 29.7. The summed E-state index contributed by atoms with van der Waals surface area (Å²) in [5.74, 6) is -0.134. The van der Waals surface area contributed by atoms with Gasteiger partial charge < -0.3 is 10.2 Å². The van der Waals surface area contributed by atoms with Gasteiger partial charge in [0.2, 0.25) is 5.91 Å².